The fraction of sp³-hybridized carbons (Fsp3) is 0.179. The number of nitrogens with zero attached hydrogens (tertiary/aromatic N) is 3. The number of carbonyl (C=O) groups excluding carboxylic acids is 2. The van der Waals surface area contributed by atoms with Crippen molar-refractivity contribution in [3.63, 3.8) is 0 Å². The number of aromatic amines is 1. The van der Waals surface area contributed by atoms with Crippen molar-refractivity contribution in [2.75, 3.05) is 33.2 Å². The maximum Gasteiger partial charge on any atom is 0.254 e. The number of nitrogens with one attached hydrogen (secondary N) is 3. The van der Waals surface area contributed by atoms with Crippen LogP contribution in [0.1, 0.15) is 33.6 Å². The van der Waals surface area contributed by atoms with Crippen molar-refractivity contribution >= 4 is 55.6 Å². The Morgan fingerprint density at radius 2 is 1.28 bits per heavy atom. The number of para-hydroxylation sites is 3. The summed E-state index contributed by atoms with van der Waals surface area (Å²) in [6, 6.07) is 35.4. The van der Waals surface area contributed by atoms with E-state index in [0.717, 1.165) is 80.9 Å². The van der Waals surface area contributed by atoms with Crippen molar-refractivity contribution in [3.05, 3.63) is 120 Å². The highest BCUT2D eigenvalue weighted by molar-refractivity contribution is 6.20. The topological polar surface area (TPSA) is 103 Å². The Balaban J connectivity index is 0.924. The van der Waals surface area contributed by atoms with Crippen molar-refractivity contribution in [2.24, 2.45) is 0 Å². The van der Waals surface area contributed by atoms with Gasteiger partial charge in [-0.15, -0.1) is 0 Å². The summed E-state index contributed by atoms with van der Waals surface area (Å²) >= 11 is 0. The highest BCUT2D eigenvalue weighted by Crippen LogP contribution is 2.31. The summed E-state index contributed by atoms with van der Waals surface area (Å²) in [5.74, 6) is -0.205. The van der Waals surface area contributed by atoms with Gasteiger partial charge in [0.25, 0.3) is 11.8 Å². The lowest BCUT2D eigenvalue weighted by molar-refractivity contribution is 0.0948. The van der Waals surface area contributed by atoms with Gasteiger partial charge in [0.05, 0.1) is 38.9 Å². The monoisotopic (exact) mass is 620 g/mol. The first kappa shape index (κ1) is 30.1. The van der Waals surface area contributed by atoms with Gasteiger partial charge in [-0.25, -0.2) is 9.97 Å². The van der Waals surface area contributed by atoms with E-state index in [1.165, 1.54) is 0 Å². The van der Waals surface area contributed by atoms with Crippen LogP contribution in [0.3, 0.4) is 0 Å². The molecule has 7 aromatic rings. The van der Waals surface area contributed by atoms with Gasteiger partial charge in [0.15, 0.2) is 0 Å². The molecule has 234 valence electrons. The Bertz CT molecular complexity index is 2230. The zero-order valence-corrected chi connectivity index (χ0v) is 26.3. The molecule has 3 heterocycles. The van der Waals surface area contributed by atoms with Gasteiger partial charge >= 0.3 is 0 Å². The number of H-pyrrole nitrogens is 1. The molecule has 8 nitrogen and oxygen atoms in total. The predicted molar refractivity (Wildman–Crippen MR) is 190 cm³/mol. The number of pyridine rings is 2. The zero-order valence-electron chi connectivity index (χ0n) is 26.3. The van der Waals surface area contributed by atoms with Gasteiger partial charge in [-0.3, -0.25) is 9.59 Å². The van der Waals surface area contributed by atoms with Gasteiger partial charge in [-0.1, -0.05) is 84.9 Å². The molecule has 0 fully saturated rings. The minimum Gasteiger partial charge on any atom is -0.353 e. The molecule has 3 N–H and O–H groups in total. The lowest BCUT2D eigenvalue weighted by atomic mass is 10.0. The van der Waals surface area contributed by atoms with E-state index < -0.39 is 0 Å². The predicted octanol–water partition coefficient (Wildman–Crippen LogP) is 6.96. The first-order valence-corrected chi connectivity index (χ1v) is 16.1. The molecule has 2 amide bonds. The molecule has 7 rings (SSSR count). The largest absolute Gasteiger partial charge is 0.353 e. The average molecular weight is 621 g/mol. The maximum atomic E-state index is 13.6. The molecular weight excluding hydrogens is 584 g/mol. The fourth-order valence-electron chi connectivity index (χ4n) is 6.21. The van der Waals surface area contributed by atoms with Crippen LogP contribution in [0.2, 0.25) is 0 Å². The SMILES string of the molecule is CN(CCCNC(=O)c1cc(-c2ccccc2)nc2ccccc12)CCCNC(=O)c1c2ccccc2nc2c1[nH]c1ccccc12. The highest BCUT2D eigenvalue weighted by Gasteiger charge is 2.19. The summed E-state index contributed by atoms with van der Waals surface area (Å²) in [7, 11) is 2.07. The number of rotatable bonds is 11. The van der Waals surface area contributed by atoms with Gasteiger partial charge in [0.1, 0.15) is 0 Å². The molecule has 4 aromatic carbocycles. The van der Waals surface area contributed by atoms with Crippen LogP contribution in [0, 0.1) is 0 Å². The fourth-order valence-corrected chi connectivity index (χ4v) is 6.21. The lowest BCUT2D eigenvalue weighted by Gasteiger charge is -2.17. The number of fused-ring (bicyclic) bond motifs is 5. The summed E-state index contributed by atoms with van der Waals surface area (Å²) in [6.07, 6.45) is 1.61. The van der Waals surface area contributed by atoms with Crippen molar-refractivity contribution in [3.8, 4) is 11.3 Å². The Morgan fingerprint density at radius 3 is 2.02 bits per heavy atom. The lowest BCUT2D eigenvalue weighted by Crippen LogP contribution is -2.31. The van der Waals surface area contributed by atoms with Crippen LogP contribution < -0.4 is 10.6 Å². The van der Waals surface area contributed by atoms with E-state index in [9.17, 15) is 9.59 Å². The van der Waals surface area contributed by atoms with Crippen molar-refractivity contribution in [2.45, 2.75) is 12.8 Å². The molecule has 8 heteroatoms. The number of aromatic nitrogens is 3. The molecule has 0 aliphatic carbocycles. The Morgan fingerprint density at radius 1 is 0.681 bits per heavy atom. The van der Waals surface area contributed by atoms with Crippen molar-refractivity contribution < 1.29 is 9.59 Å². The van der Waals surface area contributed by atoms with Crippen LogP contribution in [0.5, 0.6) is 0 Å². The molecule has 0 atom stereocenters. The van der Waals surface area contributed by atoms with E-state index >= 15 is 0 Å². The first-order chi connectivity index (χ1) is 23.1. The minimum absolute atomic E-state index is 0.0983. The highest BCUT2D eigenvalue weighted by atomic mass is 16.2. The van der Waals surface area contributed by atoms with Gasteiger partial charge in [0, 0.05) is 40.3 Å². The molecule has 0 saturated heterocycles. The quantitative estimate of drug-likeness (QED) is 0.136. The van der Waals surface area contributed by atoms with E-state index in [1.807, 2.05) is 109 Å². The second-order valence-electron chi connectivity index (χ2n) is 11.9. The third-order valence-electron chi connectivity index (χ3n) is 8.60. The van der Waals surface area contributed by atoms with Gasteiger partial charge in [0.2, 0.25) is 0 Å². The van der Waals surface area contributed by atoms with Gasteiger partial charge in [-0.05, 0) is 57.2 Å². The molecule has 0 bridgehead atoms. The third-order valence-corrected chi connectivity index (χ3v) is 8.60. The van der Waals surface area contributed by atoms with Crippen LogP contribution in [0.4, 0.5) is 0 Å². The smallest absolute Gasteiger partial charge is 0.254 e. The minimum atomic E-state index is -0.107. The number of hydrogen-bond acceptors (Lipinski definition) is 5. The van der Waals surface area contributed by atoms with Crippen LogP contribution >= 0.6 is 0 Å². The molecule has 0 aliphatic heterocycles. The number of carbonyl (C=O) groups is 2. The molecule has 47 heavy (non-hydrogen) atoms. The summed E-state index contributed by atoms with van der Waals surface area (Å²) in [5.41, 5.74) is 7.15. The maximum absolute atomic E-state index is 13.6. The second-order valence-corrected chi connectivity index (χ2v) is 11.9. The Hall–Kier alpha value is -5.60. The van der Waals surface area contributed by atoms with Crippen LogP contribution in [0.15, 0.2) is 109 Å². The Labute approximate surface area is 272 Å². The van der Waals surface area contributed by atoms with Gasteiger partial charge < -0.3 is 20.5 Å². The molecule has 3 aromatic heterocycles. The van der Waals surface area contributed by atoms with Crippen LogP contribution in [-0.2, 0) is 0 Å². The van der Waals surface area contributed by atoms with E-state index in [-0.39, 0.29) is 11.8 Å². The molecule has 0 unspecified atom stereocenters. The number of amides is 2. The average Bonchev–Trinajstić information content (AvgIpc) is 3.48. The zero-order chi connectivity index (χ0) is 32.2. The van der Waals surface area contributed by atoms with Crippen molar-refractivity contribution in [1.29, 1.82) is 0 Å². The number of hydrogen-bond donors (Lipinski definition) is 3. The van der Waals surface area contributed by atoms with Gasteiger partial charge in [-0.2, -0.15) is 0 Å². The standard InChI is InChI=1S/C39H36N6O2/c1-45(23-11-21-40-38(46)30-25-34(26-13-3-2-4-14-26)42-31-18-8-5-15-27(30)31)24-12-22-41-39(47)35-28-16-6-9-19-32(28)43-36-29-17-7-10-20-33(29)44-37(35)36/h2-10,13-20,25,44H,11-12,21-24H2,1H3,(H,40,46)(H,41,47). The summed E-state index contributed by atoms with van der Waals surface area (Å²) in [4.78, 5) is 42.2. The van der Waals surface area contributed by atoms with E-state index in [2.05, 4.69) is 27.6 Å². The molecule has 0 radical (unpaired) electrons. The first-order valence-electron chi connectivity index (χ1n) is 16.1. The molecule has 0 aliphatic rings. The molecule has 0 saturated carbocycles. The van der Waals surface area contributed by atoms with E-state index in [0.29, 0.717) is 24.2 Å². The summed E-state index contributed by atoms with van der Waals surface area (Å²) in [6.45, 7) is 2.76. The van der Waals surface area contributed by atoms with E-state index in [1.54, 1.807) is 0 Å². The normalized spacial score (nSPS) is 11.5. The van der Waals surface area contributed by atoms with E-state index in [4.69, 9.17) is 9.97 Å². The number of benzene rings is 4. The van der Waals surface area contributed by atoms with Crippen LogP contribution in [-0.4, -0.2) is 64.9 Å². The molecule has 0 spiro atoms. The Kier molecular flexibility index (Phi) is 8.58. The summed E-state index contributed by atoms with van der Waals surface area (Å²) in [5, 5.41) is 8.92. The third kappa shape index (κ3) is 6.28. The summed E-state index contributed by atoms with van der Waals surface area (Å²) < 4.78 is 0. The van der Waals surface area contributed by atoms with Crippen molar-refractivity contribution in [1.82, 2.24) is 30.5 Å². The van der Waals surface area contributed by atoms with Crippen LogP contribution in [0.25, 0.3) is 55.0 Å². The second kappa shape index (κ2) is 13.4. The molecular formula is C39H36N6O2.